The third-order valence-electron chi connectivity index (χ3n) is 6.06. The van der Waals surface area contributed by atoms with E-state index in [4.69, 9.17) is 12.2 Å². The lowest BCUT2D eigenvalue weighted by atomic mass is 9.71. The number of benzene rings is 2. The van der Waals surface area contributed by atoms with Crippen molar-refractivity contribution in [2.45, 2.75) is 31.2 Å². The average molecular weight is 366 g/mol. The molecule has 3 aliphatic rings. The normalized spacial score (nSPS) is 26.1. The van der Waals surface area contributed by atoms with Crippen molar-refractivity contribution in [1.82, 2.24) is 0 Å². The first-order valence-corrected chi connectivity index (χ1v) is 9.27. The Balaban J connectivity index is 1.65. The minimum absolute atomic E-state index is 0.415. The Morgan fingerprint density at radius 3 is 2.73 bits per heavy atom. The Labute approximate surface area is 155 Å². The van der Waals surface area contributed by atoms with Crippen LogP contribution in [-0.2, 0) is 6.42 Å². The summed E-state index contributed by atoms with van der Waals surface area (Å²) >= 11 is 5.64. The lowest BCUT2D eigenvalue weighted by Crippen LogP contribution is -2.30. The van der Waals surface area contributed by atoms with Gasteiger partial charge in [-0.25, -0.2) is 8.78 Å². The molecule has 0 saturated carbocycles. The highest BCUT2D eigenvalue weighted by Gasteiger charge is 2.70. The number of hydrogen-bond donors (Lipinski definition) is 0. The molecule has 0 amide bonds. The van der Waals surface area contributed by atoms with Crippen molar-refractivity contribution >= 4 is 22.7 Å². The predicted molar refractivity (Wildman–Crippen MR) is 98.8 cm³/mol. The lowest BCUT2D eigenvalue weighted by molar-refractivity contribution is -0.378. The van der Waals surface area contributed by atoms with E-state index in [1.807, 2.05) is 12.1 Å². The van der Waals surface area contributed by atoms with Crippen LogP contribution in [0.3, 0.4) is 0 Å². The van der Waals surface area contributed by atoms with Gasteiger partial charge in [-0.1, -0.05) is 42.5 Å². The molecule has 1 heterocycles. The van der Waals surface area contributed by atoms with E-state index < -0.39 is 17.2 Å². The number of allylic oxidation sites excluding steroid dienone is 1. The molecule has 26 heavy (non-hydrogen) atoms. The van der Waals surface area contributed by atoms with Gasteiger partial charge < -0.3 is 5.53 Å². The lowest BCUT2D eigenvalue weighted by Gasteiger charge is -2.28. The van der Waals surface area contributed by atoms with Crippen LogP contribution in [0.4, 0.5) is 8.78 Å². The maximum atomic E-state index is 13.7. The molecular formula is C21H16F2N2S. The summed E-state index contributed by atoms with van der Waals surface area (Å²) in [6.07, 6.45) is 3.74. The van der Waals surface area contributed by atoms with Crippen molar-refractivity contribution in [3.63, 3.8) is 0 Å². The van der Waals surface area contributed by atoms with Crippen LogP contribution in [-0.4, -0.2) is 15.1 Å². The second kappa shape index (κ2) is 5.36. The molecule has 2 unspecified atom stereocenters. The van der Waals surface area contributed by atoms with Crippen LogP contribution < -0.4 is 0 Å². The van der Waals surface area contributed by atoms with Crippen LogP contribution in [0, 0.1) is 17.6 Å². The summed E-state index contributed by atoms with van der Waals surface area (Å²) in [6, 6.07) is 12.0. The summed E-state index contributed by atoms with van der Waals surface area (Å²) in [6.45, 7) is 0. The van der Waals surface area contributed by atoms with E-state index in [2.05, 4.69) is 12.1 Å². The smallest absolute Gasteiger partial charge is 0.276 e. The molecule has 2 aromatic carbocycles. The van der Waals surface area contributed by atoms with Gasteiger partial charge in [-0.3, -0.25) is 4.70 Å². The van der Waals surface area contributed by atoms with Crippen molar-refractivity contribution in [1.29, 1.82) is 0 Å². The quantitative estimate of drug-likeness (QED) is 0.309. The summed E-state index contributed by atoms with van der Waals surface area (Å²) in [4.78, 5) is 0.461. The zero-order chi connectivity index (χ0) is 18.1. The molecule has 0 radical (unpaired) electrons. The van der Waals surface area contributed by atoms with Gasteiger partial charge in [0.05, 0.1) is 0 Å². The van der Waals surface area contributed by atoms with E-state index in [1.165, 1.54) is 27.5 Å². The van der Waals surface area contributed by atoms with Crippen LogP contribution in [0.15, 0.2) is 48.2 Å². The molecule has 0 bridgehead atoms. The first-order valence-electron chi connectivity index (χ1n) is 8.86. The molecule has 5 heteroatoms. The number of hydrogen-bond acceptors (Lipinski definition) is 1. The predicted octanol–water partition coefficient (Wildman–Crippen LogP) is 5.24. The number of rotatable bonds is 2. The summed E-state index contributed by atoms with van der Waals surface area (Å²) < 4.78 is 28.2. The SMILES string of the molecule is [N-]=[N+]1C2=C3c4ccccc4CCC3CCC21C(=S)c1ccc(F)c(F)c1. The highest BCUT2D eigenvalue weighted by Crippen LogP contribution is 2.59. The van der Waals surface area contributed by atoms with Crippen molar-refractivity contribution < 1.29 is 13.5 Å². The van der Waals surface area contributed by atoms with Crippen LogP contribution in [0.2, 0.25) is 0 Å². The first kappa shape index (κ1) is 15.9. The Kier molecular flexibility index (Phi) is 3.29. The Morgan fingerprint density at radius 2 is 1.92 bits per heavy atom. The van der Waals surface area contributed by atoms with Crippen molar-refractivity contribution in [3.8, 4) is 0 Å². The van der Waals surface area contributed by atoms with Gasteiger partial charge in [0.25, 0.3) is 11.2 Å². The fourth-order valence-electron chi connectivity index (χ4n) is 4.71. The Morgan fingerprint density at radius 1 is 1.12 bits per heavy atom. The largest absolute Gasteiger partial charge is 0.499 e. The number of aryl methyl sites for hydroxylation is 1. The topological polar surface area (TPSA) is 25.3 Å². The van der Waals surface area contributed by atoms with E-state index in [1.54, 1.807) is 0 Å². The summed E-state index contributed by atoms with van der Waals surface area (Å²) in [5.74, 6) is -1.40. The van der Waals surface area contributed by atoms with Gasteiger partial charge in [0.2, 0.25) is 0 Å². The summed E-state index contributed by atoms with van der Waals surface area (Å²) in [5.41, 5.74) is 14.9. The van der Waals surface area contributed by atoms with E-state index in [0.29, 0.717) is 22.8 Å². The Bertz CT molecular complexity index is 1030. The van der Waals surface area contributed by atoms with Crippen LogP contribution in [0.25, 0.3) is 11.1 Å². The molecule has 2 nitrogen and oxygen atoms in total. The molecule has 1 saturated heterocycles. The van der Waals surface area contributed by atoms with Crippen LogP contribution in [0.1, 0.15) is 36.0 Å². The summed E-state index contributed by atoms with van der Waals surface area (Å²) in [7, 11) is 0. The molecule has 1 fully saturated rings. The third kappa shape index (κ3) is 1.98. The number of nitrogens with zero attached hydrogens (tertiary/aromatic N) is 2. The maximum absolute atomic E-state index is 13.7. The highest BCUT2D eigenvalue weighted by molar-refractivity contribution is 7.81. The van der Waals surface area contributed by atoms with E-state index in [9.17, 15) is 14.3 Å². The first-order chi connectivity index (χ1) is 12.5. The molecule has 0 aromatic heterocycles. The van der Waals surface area contributed by atoms with Crippen LogP contribution in [0.5, 0.6) is 0 Å². The van der Waals surface area contributed by atoms with Gasteiger partial charge >= 0.3 is 0 Å². The van der Waals surface area contributed by atoms with Crippen molar-refractivity contribution in [2.24, 2.45) is 5.92 Å². The van der Waals surface area contributed by atoms with Crippen molar-refractivity contribution in [3.05, 3.63) is 82.0 Å². The second-order valence-electron chi connectivity index (χ2n) is 7.32. The Hall–Kier alpha value is -2.27. The fraction of sp³-hybridized carbons (Fsp3) is 0.286. The van der Waals surface area contributed by atoms with Crippen LogP contribution >= 0.6 is 12.2 Å². The van der Waals surface area contributed by atoms with E-state index in [-0.39, 0.29) is 0 Å². The average Bonchev–Trinajstić information content (AvgIpc) is 3.29. The molecule has 1 aliphatic heterocycles. The van der Waals surface area contributed by atoms with Crippen molar-refractivity contribution in [2.75, 3.05) is 0 Å². The van der Waals surface area contributed by atoms with Gasteiger partial charge in [0.15, 0.2) is 11.6 Å². The molecule has 0 spiro atoms. The van der Waals surface area contributed by atoms with Gasteiger partial charge in [-0.2, -0.15) is 0 Å². The maximum Gasteiger partial charge on any atom is 0.276 e. The fourth-order valence-corrected chi connectivity index (χ4v) is 5.13. The number of fused-ring (bicyclic) bond motifs is 4. The minimum Gasteiger partial charge on any atom is -0.499 e. The molecule has 5 rings (SSSR count). The van der Waals surface area contributed by atoms with Gasteiger partial charge in [-0.05, 0) is 54.0 Å². The van der Waals surface area contributed by atoms with E-state index >= 15 is 0 Å². The molecule has 130 valence electrons. The highest BCUT2D eigenvalue weighted by atomic mass is 32.1. The molecule has 0 N–H and O–H groups in total. The van der Waals surface area contributed by atoms with Gasteiger partial charge in [-0.15, -0.1) is 0 Å². The second-order valence-corrected chi connectivity index (χ2v) is 7.73. The minimum atomic E-state index is -0.919. The van der Waals surface area contributed by atoms with Gasteiger partial charge in [0.1, 0.15) is 4.86 Å². The zero-order valence-corrected chi connectivity index (χ0v) is 14.8. The molecule has 2 atom stereocenters. The zero-order valence-electron chi connectivity index (χ0n) is 14.0. The molecule has 2 aromatic rings. The monoisotopic (exact) mass is 366 g/mol. The molecule has 2 aliphatic carbocycles. The van der Waals surface area contributed by atoms with E-state index in [0.717, 1.165) is 37.1 Å². The third-order valence-corrected chi connectivity index (χ3v) is 6.63. The molecular weight excluding hydrogens is 350 g/mol. The standard InChI is InChI=1S/C21H16F2N2S/c22-16-8-7-14(11-17(16)23)20(26)21-10-9-13-6-5-12-3-1-2-4-15(12)18(13)19(21)25(21)24/h1-4,7-8,11,13H,5-6,9-10H2. The number of thiocarbonyl (C=S) groups is 1. The van der Waals surface area contributed by atoms with Gasteiger partial charge in [0, 0.05) is 12.0 Å². The summed E-state index contributed by atoms with van der Waals surface area (Å²) in [5, 5.41) is 0. The number of halogens is 2.